The SMILES string of the molecule is C#CCC(C)C.CC(C)CCN=[N+]=[N-].CC(C)CCNC(=O)c1ccc(C(=O)NCC(C)C)cc1P(=O)(c1ccccc1)c1ccccc1.CC(C)CN=[N+]=N.CC(C)Cc1cn(CC(C)C)nn1.CC(C)NCCOCCOCCOCCn1cc(CCCCC(=O)C(C)C)nn1.COC(=O)c1ccc(C(=O)NCC(C)C)cc1P(c1ccccc1)c1ccccc1. The number of nitrogens with zero attached hydrogens (tertiary/aromatic N) is 11. The number of methoxy groups -OCH3 is 1. The Morgan fingerprint density at radius 2 is 1.04 bits per heavy atom. The van der Waals surface area contributed by atoms with Gasteiger partial charge < -0.3 is 44.8 Å². The van der Waals surface area contributed by atoms with Gasteiger partial charge in [0.1, 0.15) is 23.0 Å². The van der Waals surface area contributed by atoms with E-state index in [0.717, 1.165) is 85.3 Å². The van der Waals surface area contributed by atoms with Crippen molar-refractivity contribution < 1.29 is 47.5 Å². The normalized spacial score (nSPS) is 10.9. The average molecular weight is 1800 g/mol. The molecule has 28 heteroatoms. The third-order valence-electron chi connectivity index (χ3n) is 18.4. The first-order chi connectivity index (χ1) is 61.1. The molecule has 0 saturated heterocycles. The maximum Gasteiger partial charge on any atom is 0.338 e. The van der Waals surface area contributed by atoms with Crippen molar-refractivity contribution in [1.82, 2.24) is 56.2 Å². The van der Waals surface area contributed by atoms with Crippen molar-refractivity contribution in [2.75, 3.05) is 86.0 Å². The predicted octanol–water partition coefficient (Wildman–Crippen LogP) is 17.7. The zero-order valence-corrected chi connectivity index (χ0v) is 82.3. The van der Waals surface area contributed by atoms with Gasteiger partial charge in [0.05, 0.1) is 75.8 Å². The van der Waals surface area contributed by atoms with Gasteiger partial charge in [0.2, 0.25) is 4.91 Å². The molecule has 0 unspecified atom stereocenters. The largest absolute Gasteiger partial charge is 0.465 e. The lowest BCUT2D eigenvalue weighted by molar-refractivity contribution is -0.122. The van der Waals surface area contributed by atoms with E-state index in [2.05, 4.69) is 195 Å². The van der Waals surface area contributed by atoms with E-state index in [1.165, 1.54) is 7.11 Å². The molecule has 700 valence electrons. The summed E-state index contributed by atoms with van der Waals surface area (Å²) in [7, 11) is -3.14. The number of hydrogen-bond donors (Lipinski definition) is 5. The van der Waals surface area contributed by atoms with Crippen LogP contribution in [0.1, 0.15) is 230 Å². The molecule has 0 saturated carbocycles. The molecular formula is C100H151N16O10P2+. The predicted molar refractivity (Wildman–Crippen MR) is 524 cm³/mol. The van der Waals surface area contributed by atoms with Gasteiger partial charge in [-0.25, -0.2) is 9.48 Å². The highest BCUT2D eigenvalue weighted by molar-refractivity contribution is 7.85. The molecule has 0 aliphatic heterocycles. The van der Waals surface area contributed by atoms with Crippen molar-refractivity contribution in [3.63, 3.8) is 0 Å². The number of terminal acetylenes is 1. The number of amides is 3. The number of azide groups is 1. The quantitative estimate of drug-likeness (QED) is 0.00450. The van der Waals surface area contributed by atoms with Gasteiger partial charge in [-0.1, -0.05) is 275 Å². The molecule has 128 heavy (non-hydrogen) atoms. The van der Waals surface area contributed by atoms with Crippen LogP contribution in [-0.4, -0.2) is 152 Å². The van der Waals surface area contributed by atoms with Crippen molar-refractivity contribution in [1.29, 1.82) is 5.53 Å². The number of ketones is 1. The number of hydrogen-bond acceptors (Lipinski definition) is 18. The fraction of sp³-hybridized carbons (Fsp3) is 0.530. The Bertz CT molecular complexity index is 4470. The second kappa shape index (κ2) is 67.1. The number of rotatable bonds is 46. The third-order valence-corrected chi connectivity index (χ3v) is 24.0. The summed E-state index contributed by atoms with van der Waals surface area (Å²) in [5, 5.41) is 40.1. The van der Waals surface area contributed by atoms with Gasteiger partial charge in [-0.3, -0.25) is 23.9 Å². The number of nitrogens with one attached hydrogen (secondary N) is 5. The standard InChI is InChI=1S/C29H35N2O3P.C25H26NO3P.C21H40N4O4.C10H19N3.C6H10.C5H11N3.C4H10N3/c1-21(2)17-18-30-29(33)26-16-15-23(28(32)31-20-22(3)4)19-27(26)35(34,24-11-7-5-8-12-24)25-13-9-6-10-14-25;1-18(2)17-26-24(27)19-14-15-22(25(28)29-3)23(16-19)30(20-10-6-4-7-11-20)21-12-8-5-9-13-21;1-18(2)21(26)8-6-5-7-20-17-25(24-23-20)10-12-28-14-16-29-15-13-27-11-9-22-19(3)4;1-8(2)5-10-7-13(12-11-10)6-9(3)4;1-4-5-6(2)3;1-5(2)3-4-7-8-6;1-4(2)3-6-7-5/h5-16,19,21-22H,17-18,20H2,1-4H3,(H,30,33)(H,31,32);4-16,18H,17H2,1-3H3,(H,26,27);17-19,22H,5-16H2,1-4H3;7-9H,5-6H2,1-4H3;1,6H,5H2,2-3H3;5H,3-4H2,1-2H3;4-5H,3H2,1-2H3/q;;;;;;+1. The Morgan fingerprint density at radius 1 is 0.539 bits per heavy atom. The van der Waals surface area contributed by atoms with Crippen LogP contribution in [0, 0.1) is 71.1 Å². The average Bonchev–Trinajstić information content (AvgIpc) is 0.790. The number of carbonyl (C=O) groups is 5. The molecule has 26 nitrogen and oxygen atoms in total. The second-order valence-electron chi connectivity index (χ2n) is 34.8. The molecule has 0 fully saturated rings. The lowest BCUT2D eigenvalue weighted by atomic mass is 10.0. The third kappa shape index (κ3) is 49.4. The fourth-order valence-electron chi connectivity index (χ4n) is 11.6. The van der Waals surface area contributed by atoms with Crippen LogP contribution < -0.4 is 58.0 Å². The van der Waals surface area contributed by atoms with E-state index in [4.69, 9.17) is 36.4 Å². The molecule has 8 aromatic rings. The summed E-state index contributed by atoms with van der Waals surface area (Å²) in [5.74, 6) is 6.16. The molecule has 0 spiro atoms. The molecule has 5 N–H and O–H groups in total. The molecule has 0 atom stereocenters. The smallest absolute Gasteiger partial charge is 0.338 e. The summed E-state index contributed by atoms with van der Waals surface area (Å²) in [6.45, 7) is 50.8. The number of aromatic nitrogens is 6. The molecule has 0 bridgehead atoms. The van der Waals surface area contributed by atoms with Crippen LogP contribution in [-0.2, 0) is 54.2 Å². The van der Waals surface area contributed by atoms with E-state index in [9.17, 15) is 24.0 Å². The first kappa shape index (κ1) is 114. The lowest BCUT2D eigenvalue weighted by Gasteiger charge is -2.23. The highest BCUT2D eigenvalue weighted by Gasteiger charge is 2.35. The van der Waals surface area contributed by atoms with Crippen LogP contribution in [0.2, 0.25) is 0 Å². The fourth-order valence-corrected chi connectivity index (χ4v) is 17.0. The van der Waals surface area contributed by atoms with Crippen LogP contribution >= 0.6 is 15.1 Å². The molecule has 2 heterocycles. The van der Waals surface area contributed by atoms with Gasteiger partial charge in [0.15, 0.2) is 7.14 Å². The van der Waals surface area contributed by atoms with E-state index in [1.807, 2.05) is 156 Å². The zero-order chi connectivity index (χ0) is 95.2. The summed E-state index contributed by atoms with van der Waals surface area (Å²) in [4.78, 5) is 68.6. The van der Waals surface area contributed by atoms with Crippen molar-refractivity contribution in [2.24, 2.45) is 63.5 Å². The molecule has 0 radical (unpaired) electrons. The summed E-state index contributed by atoms with van der Waals surface area (Å²) >= 11 is 0. The van der Waals surface area contributed by atoms with Gasteiger partial charge in [-0.05, 0) is 146 Å². The minimum absolute atomic E-state index is 0.131. The number of Topliss-reactive ketones (excluding diaryl/α,β-unsaturated/α-hetero) is 1. The Morgan fingerprint density at radius 3 is 1.49 bits per heavy atom. The Balaban J connectivity index is 0.000000550. The number of benzene rings is 6. The summed E-state index contributed by atoms with van der Waals surface area (Å²) < 4.78 is 40.3. The Hall–Kier alpha value is -10.2. The summed E-state index contributed by atoms with van der Waals surface area (Å²) in [5.41, 5.74) is 17.9. The van der Waals surface area contributed by atoms with Crippen molar-refractivity contribution in [3.8, 4) is 12.3 Å². The highest BCUT2D eigenvalue weighted by atomic mass is 31.2. The molecule has 6 aromatic carbocycles. The number of esters is 1. The van der Waals surface area contributed by atoms with Crippen LogP contribution in [0.25, 0.3) is 10.4 Å². The molecule has 2 aromatic heterocycles. The first-order valence-electron chi connectivity index (χ1n) is 45.2. The van der Waals surface area contributed by atoms with E-state index in [0.29, 0.717) is 183 Å². The second-order valence-corrected chi connectivity index (χ2v) is 39.7. The molecule has 0 aliphatic rings. The van der Waals surface area contributed by atoms with Crippen LogP contribution in [0.3, 0.4) is 0 Å². The van der Waals surface area contributed by atoms with Gasteiger partial charge in [-0.2, -0.15) is 0 Å². The molecule has 3 amide bonds. The van der Waals surface area contributed by atoms with E-state index in [-0.39, 0.29) is 23.6 Å². The van der Waals surface area contributed by atoms with Crippen LogP contribution in [0.4, 0.5) is 0 Å². The van der Waals surface area contributed by atoms with Gasteiger partial charge in [-0.15, -0.1) is 22.5 Å². The molecule has 8 rings (SSSR count). The number of unbranched alkanes of at least 4 members (excludes halogenated alkanes) is 1. The van der Waals surface area contributed by atoms with E-state index in [1.54, 1.807) is 35.0 Å². The highest BCUT2D eigenvalue weighted by Crippen LogP contribution is 2.44. The van der Waals surface area contributed by atoms with E-state index >= 15 is 4.57 Å². The number of aryl methyl sites for hydroxylation is 1. The Kier molecular flexibility index (Phi) is 59.7. The monoisotopic (exact) mass is 1800 g/mol. The van der Waals surface area contributed by atoms with E-state index < -0.39 is 21.0 Å². The van der Waals surface area contributed by atoms with Gasteiger partial charge in [0, 0.05) is 114 Å². The maximum atomic E-state index is 15.1. The van der Waals surface area contributed by atoms with Gasteiger partial charge >= 0.3 is 5.97 Å². The minimum atomic E-state index is -3.46. The van der Waals surface area contributed by atoms with Gasteiger partial charge in [0.25, 0.3) is 17.7 Å². The van der Waals surface area contributed by atoms with Crippen LogP contribution in [0.5, 0.6) is 0 Å². The Labute approximate surface area is 766 Å². The molecular weight excluding hydrogens is 1650 g/mol. The topological polar surface area (TPSA) is 348 Å². The lowest BCUT2D eigenvalue weighted by Crippen LogP contribution is -2.35. The summed E-state index contributed by atoms with van der Waals surface area (Å²) in [6.07, 6.45) is 16.1. The zero-order valence-electron chi connectivity index (χ0n) is 80.5. The van der Waals surface area contributed by atoms with Crippen molar-refractivity contribution in [2.45, 2.75) is 209 Å². The maximum absolute atomic E-state index is 15.1. The van der Waals surface area contributed by atoms with Crippen LogP contribution in [0.15, 0.2) is 180 Å². The minimum Gasteiger partial charge on any atom is -0.465 e. The molecule has 0 aliphatic carbocycles. The van der Waals surface area contributed by atoms with Crippen molar-refractivity contribution >= 4 is 76.4 Å². The summed E-state index contributed by atoms with van der Waals surface area (Å²) in [6, 6.07) is 49.1. The van der Waals surface area contributed by atoms with Crippen molar-refractivity contribution in [3.05, 3.63) is 214 Å². The number of carbonyl (C=O) groups excluding carboxylic acids is 5. The number of ether oxygens (including phenoxy) is 4. The first-order valence-corrected chi connectivity index (χ1v) is 48.2.